The van der Waals surface area contributed by atoms with E-state index in [4.69, 9.17) is 5.26 Å². The molecule has 0 bridgehead atoms. The van der Waals surface area contributed by atoms with Gasteiger partial charge in [0.15, 0.2) is 0 Å². The van der Waals surface area contributed by atoms with E-state index in [0.717, 1.165) is 10.9 Å². The lowest BCUT2D eigenvalue weighted by Gasteiger charge is -1.93. The third-order valence-electron chi connectivity index (χ3n) is 1.99. The van der Waals surface area contributed by atoms with Gasteiger partial charge in [-0.25, -0.2) is 0 Å². The number of nitrogens with one attached hydrogen (secondary N) is 1. The van der Waals surface area contributed by atoms with Crippen molar-refractivity contribution in [3.8, 4) is 6.07 Å². The highest BCUT2D eigenvalue weighted by Gasteiger charge is 2.02. The normalized spacial score (nSPS) is 10.2. The molecule has 2 nitrogen and oxygen atoms in total. The van der Waals surface area contributed by atoms with E-state index in [1.807, 2.05) is 30.7 Å². The van der Waals surface area contributed by atoms with Gasteiger partial charge in [-0.15, -0.1) is 11.8 Å². The Hall–Kier alpha value is -1.40. The van der Waals surface area contributed by atoms with Gasteiger partial charge in [-0.05, 0) is 24.5 Å². The zero-order valence-corrected chi connectivity index (χ0v) is 7.98. The summed E-state index contributed by atoms with van der Waals surface area (Å²) in [4.78, 5) is 4.35. The molecule has 0 aliphatic rings. The molecule has 1 heterocycles. The monoisotopic (exact) mass is 189 g/mol. The van der Waals surface area contributed by atoms with Crippen LogP contribution >= 0.6 is 11.8 Å². The van der Waals surface area contributed by atoms with Crippen LogP contribution < -0.4 is 0 Å². The van der Waals surface area contributed by atoms with Crippen molar-refractivity contribution in [2.45, 2.75) is 4.90 Å². The second kappa shape index (κ2) is 3.15. The Morgan fingerprint density at radius 2 is 2.31 bits per heavy atom. The van der Waals surface area contributed by atoms with Crippen molar-refractivity contribution >= 4 is 22.7 Å². The molecule has 1 aromatic heterocycles. The Morgan fingerprint density at radius 3 is 3.00 bits per heavy atom. The Morgan fingerprint density at radius 1 is 1.46 bits per heavy atom. The number of nitrogens with zero attached hydrogens (tertiary/aromatic N) is 1. The number of hydrogen-bond acceptors (Lipinski definition) is 2. The molecule has 2 rings (SSSR count). The van der Waals surface area contributed by atoms with Crippen molar-refractivity contribution in [1.29, 1.82) is 5.26 Å². The molecule has 0 aliphatic carbocycles. The average molecular weight is 189 g/mol. The van der Waals surface area contributed by atoms with Crippen molar-refractivity contribution in [1.82, 2.24) is 4.98 Å². The average Bonchev–Trinajstić information content (AvgIpc) is 2.59. The first-order valence-corrected chi connectivity index (χ1v) is 5.13. The van der Waals surface area contributed by atoms with Crippen LogP contribution in [0.1, 0.15) is 5.56 Å². The molecular formula is C10H8N2S. The Bertz CT molecular complexity index is 479. The van der Waals surface area contributed by atoms with Gasteiger partial charge in [0.1, 0.15) is 0 Å². The lowest BCUT2D eigenvalue weighted by atomic mass is 10.2. The summed E-state index contributed by atoms with van der Waals surface area (Å²) in [6.45, 7) is 0. The first-order chi connectivity index (χ1) is 6.35. The van der Waals surface area contributed by atoms with Crippen molar-refractivity contribution in [3.05, 3.63) is 30.0 Å². The molecule has 0 aliphatic heterocycles. The summed E-state index contributed by atoms with van der Waals surface area (Å²) in [5.41, 5.74) is 1.80. The van der Waals surface area contributed by atoms with E-state index < -0.39 is 0 Å². The van der Waals surface area contributed by atoms with Crippen LogP contribution in [0.3, 0.4) is 0 Å². The lowest BCUT2D eigenvalue weighted by molar-refractivity contribution is 1.42. The first kappa shape index (κ1) is 8.21. The molecule has 0 radical (unpaired) electrons. The summed E-state index contributed by atoms with van der Waals surface area (Å²) in [5.74, 6) is 0. The molecule has 0 saturated heterocycles. The number of thioether (sulfide) groups is 1. The van der Waals surface area contributed by atoms with Gasteiger partial charge >= 0.3 is 0 Å². The number of fused-ring (bicyclic) bond motifs is 1. The van der Waals surface area contributed by atoms with Crippen LogP contribution in [0.15, 0.2) is 29.3 Å². The van der Waals surface area contributed by atoms with Gasteiger partial charge in [0.05, 0.1) is 11.6 Å². The van der Waals surface area contributed by atoms with Gasteiger partial charge in [-0.3, -0.25) is 0 Å². The van der Waals surface area contributed by atoms with E-state index in [2.05, 4.69) is 11.1 Å². The van der Waals surface area contributed by atoms with E-state index in [9.17, 15) is 0 Å². The molecule has 0 atom stereocenters. The molecule has 13 heavy (non-hydrogen) atoms. The zero-order valence-electron chi connectivity index (χ0n) is 7.16. The molecule has 2 aromatic rings. The quantitative estimate of drug-likeness (QED) is 0.553. The number of rotatable bonds is 1. The lowest BCUT2D eigenvalue weighted by Crippen LogP contribution is -1.73. The fraction of sp³-hybridized carbons (Fsp3) is 0.100. The third kappa shape index (κ3) is 1.30. The molecule has 0 fully saturated rings. The minimum Gasteiger partial charge on any atom is -0.360 e. The molecule has 0 unspecified atom stereocenters. The number of hydrogen-bond donors (Lipinski definition) is 1. The van der Waals surface area contributed by atoms with Crippen LogP contribution in [0.25, 0.3) is 10.9 Å². The molecule has 0 saturated carbocycles. The van der Waals surface area contributed by atoms with Crippen LogP contribution in [0, 0.1) is 11.3 Å². The standard InChI is InChI=1S/C10H8N2S/c1-13-10-6-12-9-3-2-7(5-11)4-8(9)10/h2-4,6,12H,1H3/i5+1. The first-order valence-electron chi connectivity index (χ1n) is 3.90. The summed E-state index contributed by atoms with van der Waals surface area (Å²) in [6, 6.07) is 7.81. The van der Waals surface area contributed by atoms with E-state index in [0.29, 0.717) is 5.56 Å². The van der Waals surface area contributed by atoms with Gasteiger partial charge in [-0.2, -0.15) is 5.26 Å². The number of nitriles is 1. The summed E-state index contributed by atoms with van der Waals surface area (Å²) in [7, 11) is 0. The third-order valence-corrected chi connectivity index (χ3v) is 2.77. The van der Waals surface area contributed by atoms with E-state index in [-0.39, 0.29) is 0 Å². The summed E-state index contributed by atoms with van der Waals surface area (Å²) < 4.78 is 0. The molecule has 0 amide bonds. The van der Waals surface area contributed by atoms with Gasteiger partial charge in [-0.1, -0.05) is 0 Å². The van der Waals surface area contributed by atoms with E-state index in [1.54, 1.807) is 11.8 Å². The fourth-order valence-corrected chi connectivity index (χ4v) is 1.90. The topological polar surface area (TPSA) is 39.6 Å². The smallest absolute Gasteiger partial charge is 0.0991 e. The van der Waals surface area contributed by atoms with Crippen molar-refractivity contribution in [2.24, 2.45) is 0 Å². The molecular weight excluding hydrogens is 181 g/mol. The Kier molecular flexibility index (Phi) is 1.99. The number of aromatic amines is 1. The SMILES string of the molecule is CSc1c[nH]c2ccc([13C]#N)cc12. The van der Waals surface area contributed by atoms with Gasteiger partial charge < -0.3 is 4.98 Å². The van der Waals surface area contributed by atoms with Crippen molar-refractivity contribution < 1.29 is 0 Å². The maximum atomic E-state index is 8.73. The number of H-pyrrole nitrogens is 1. The Labute approximate surface area is 80.6 Å². The van der Waals surface area contributed by atoms with Crippen LogP contribution in [0.5, 0.6) is 0 Å². The largest absolute Gasteiger partial charge is 0.360 e. The molecule has 1 N–H and O–H groups in total. The number of benzene rings is 1. The molecule has 64 valence electrons. The van der Waals surface area contributed by atoms with E-state index in [1.165, 1.54) is 4.90 Å². The van der Waals surface area contributed by atoms with Crippen LogP contribution in [0.2, 0.25) is 0 Å². The second-order valence-corrected chi connectivity index (χ2v) is 3.58. The minimum absolute atomic E-state index is 0.711. The van der Waals surface area contributed by atoms with Crippen LogP contribution in [-0.4, -0.2) is 11.2 Å². The molecule has 3 heteroatoms. The summed E-state index contributed by atoms with van der Waals surface area (Å²) in [6.07, 6.45) is 4.00. The highest BCUT2D eigenvalue weighted by Crippen LogP contribution is 2.26. The zero-order chi connectivity index (χ0) is 9.26. The highest BCUT2D eigenvalue weighted by molar-refractivity contribution is 7.98. The Balaban J connectivity index is 2.73. The summed E-state index contributed by atoms with van der Waals surface area (Å²) >= 11 is 1.68. The van der Waals surface area contributed by atoms with Crippen LogP contribution in [0.4, 0.5) is 0 Å². The van der Waals surface area contributed by atoms with Crippen LogP contribution in [-0.2, 0) is 0 Å². The minimum atomic E-state index is 0.711. The maximum absolute atomic E-state index is 8.73. The molecule has 1 aromatic carbocycles. The molecule has 0 spiro atoms. The van der Waals surface area contributed by atoms with Gasteiger partial charge in [0.2, 0.25) is 0 Å². The van der Waals surface area contributed by atoms with Crippen molar-refractivity contribution in [2.75, 3.05) is 6.26 Å². The predicted octanol–water partition coefficient (Wildman–Crippen LogP) is 2.76. The van der Waals surface area contributed by atoms with Gasteiger partial charge in [0.25, 0.3) is 0 Å². The predicted molar refractivity (Wildman–Crippen MR) is 54.8 cm³/mol. The number of aromatic nitrogens is 1. The van der Waals surface area contributed by atoms with Gasteiger partial charge in [0, 0.05) is 22.0 Å². The highest BCUT2D eigenvalue weighted by atomic mass is 32.2. The summed E-state index contributed by atoms with van der Waals surface area (Å²) in [5, 5.41) is 9.86. The van der Waals surface area contributed by atoms with Crippen molar-refractivity contribution in [3.63, 3.8) is 0 Å². The maximum Gasteiger partial charge on any atom is 0.0991 e. The fourth-order valence-electron chi connectivity index (χ4n) is 1.33. The van der Waals surface area contributed by atoms with E-state index >= 15 is 0 Å². The second-order valence-electron chi connectivity index (χ2n) is 2.73.